The fraction of sp³-hybridized carbons (Fsp3) is 0.296. The third kappa shape index (κ3) is 7.69. The molecule has 3 heterocycles. The highest BCUT2D eigenvalue weighted by Gasteiger charge is 2.39. The average Bonchev–Trinajstić information content (AvgIpc) is 2.88. The van der Waals surface area contributed by atoms with Gasteiger partial charge in [0, 0.05) is 53.7 Å². The Balaban J connectivity index is 0.000000771. The Labute approximate surface area is 243 Å². The van der Waals surface area contributed by atoms with Gasteiger partial charge in [0.1, 0.15) is 17.5 Å². The second-order valence-corrected chi connectivity index (χ2v) is 10.9. The fourth-order valence-electron chi connectivity index (χ4n) is 3.92. The number of aliphatic imine (C=N–C) groups is 1. The van der Waals surface area contributed by atoms with E-state index in [0.717, 1.165) is 30.4 Å². The van der Waals surface area contributed by atoms with Gasteiger partial charge >= 0.3 is 0 Å². The summed E-state index contributed by atoms with van der Waals surface area (Å²) in [7, 11) is 0. The standard InChI is InChI=1S/C23H25Cl2N7OS.C4H7N/c1-13(21-16(24)8-29-9-17(21)25)33-14-3-4-18(26)15(7-14)22(27)19-5-6-20(31-30-19)32-10-23(28,11-32)12-34-2;1-4(2)5-3/h3-9,13,27H,10-12,26,28H2,1-2H3;1,3H2,2H3/t13-;/m1./s1. The summed E-state index contributed by atoms with van der Waals surface area (Å²) >= 11 is 14.2. The van der Waals surface area contributed by atoms with Crippen LogP contribution in [0.25, 0.3) is 0 Å². The number of aromatic nitrogens is 3. The van der Waals surface area contributed by atoms with Gasteiger partial charge in [-0.15, -0.1) is 10.2 Å². The van der Waals surface area contributed by atoms with E-state index in [1.165, 1.54) is 12.4 Å². The number of thioether (sulfide) groups is 1. The SMILES string of the molecule is C=NC(=C)C.CSCC1(N)CN(c2ccc(C(=N)c3cc(O[C@H](C)c4c(Cl)cncc4Cl)ccc3N)nn2)C1. The molecular weight excluding hydrogens is 555 g/mol. The lowest BCUT2D eigenvalue weighted by molar-refractivity contribution is 0.227. The molecular formula is C27H32Cl2N8OS. The van der Waals surface area contributed by atoms with E-state index in [1.807, 2.05) is 19.2 Å². The van der Waals surface area contributed by atoms with Crippen molar-refractivity contribution in [2.45, 2.75) is 25.5 Å². The molecule has 1 saturated heterocycles. The molecule has 5 N–H and O–H groups in total. The van der Waals surface area contributed by atoms with Gasteiger partial charge in [0.25, 0.3) is 0 Å². The zero-order valence-electron chi connectivity index (χ0n) is 22.1. The predicted molar refractivity (Wildman–Crippen MR) is 164 cm³/mol. The summed E-state index contributed by atoms with van der Waals surface area (Å²) in [4.78, 5) is 9.49. The average molecular weight is 588 g/mol. The number of ether oxygens (including phenoxy) is 1. The number of nitrogen functional groups attached to an aromatic ring is 1. The summed E-state index contributed by atoms with van der Waals surface area (Å²) in [5.74, 6) is 2.16. The summed E-state index contributed by atoms with van der Waals surface area (Å²) in [5.41, 5.74) is 15.2. The molecule has 1 atom stereocenters. The lowest BCUT2D eigenvalue weighted by Crippen LogP contribution is -2.69. The summed E-state index contributed by atoms with van der Waals surface area (Å²) in [6.45, 7) is 11.8. The Morgan fingerprint density at radius 2 is 1.87 bits per heavy atom. The molecule has 0 bridgehead atoms. The number of hydrogen-bond donors (Lipinski definition) is 3. The van der Waals surface area contributed by atoms with Crippen LogP contribution in [0.1, 0.15) is 36.8 Å². The highest BCUT2D eigenvalue weighted by atomic mass is 35.5. The van der Waals surface area contributed by atoms with Crippen LogP contribution in [0.4, 0.5) is 11.5 Å². The smallest absolute Gasteiger partial charge is 0.151 e. The maximum atomic E-state index is 8.65. The van der Waals surface area contributed by atoms with Crippen LogP contribution in [0, 0.1) is 5.41 Å². The molecule has 1 aliphatic rings. The van der Waals surface area contributed by atoms with Gasteiger partial charge in [0.2, 0.25) is 0 Å². The fourth-order valence-corrected chi connectivity index (χ4v) is 5.35. The minimum absolute atomic E-state index is 0.147. The van der Waals surface area contributed by atoms with Crippen molar-refractivity contribution in [2.75, 3.05) is 35.7 Å². The summed E-state index contributed by atoms with van der Waals surface area (Å²) < 4.78 is 6.05. The number of nitrogens with two attached hydrogens (primary N) is 2. The Bertz CT molecular complexity index is 1330. The molecule has 206 valence electrons. The topological polar surface area (TPSA) is 139 Å². The minimum Gasteiger partial charge on any atom is -0.486 e. The highest BCUT2D eigenvalue weighted by molar-refractivity contribution is 7.98. The number of nitrogens with one attached hydrogen (secondary N) is 1. The number of benzene rings is 1. The van der Waals surface area contributed by atoms with E-state index < -0.39 is 6.10 Å². The van der Waals surface area contributed by atoms with Gasteiger partial charge in [0.15, 0.2) is 5.82 Å². The Hall–Kier alpha value is -3.18. The zero-order chi connectivity index (χ0) is 28.7. The van der Waals surface area contributed by atoms with Crippen molar-refractivity contribution in [3.05, 3.63) is 81.9 Å². The number of nitrogens with zero attached hydrogens (tertiary/aromatic N) is 5. The summed E-state index contributed by atoms with van der Waals surface area (Å²) in [5, 5.41) is 18.0. The van der Waals surface area contributed by atoms with E-state index >= 15 is 0 Å². The van der Waals surface area contributed by atoms with Crippen molar-refractivity contribution in [3.63, 3.8) is 0 Å². The number of allylic oxidation sites excluding steroid dienone is 1. The quantitative estimate of drug-likeness (QED) is 0.223. The van der Waals surface area contributed by atoms with Gasteiger partial charge in [-0.25, -0.2) is 0 Å². The second-order valence-electron chi connectivity index (χ2n) is 9.22. The van der Waals surface area contributed by atoms with Crippen LogP contribution < -0.4 is 21.1 Å². The normalized spacial score (nSPS) is 14.4. The Kier molecular flexibility index (Phi) is 10.3. The Morgan fingerprint density at radius 3 is 2.41 bits per heavy atom. The molecule has 12 heteroatoms. The van der Waals surface area contributed by atoms with E-state index in [1.54, 1.807) is 43.0 Å². The molecule has 0 unspecified atom stereocenters. The van der Waals surface area contributed by atoms with Gasteiger partial charge < -0.3 is 21.1 Å². The maximum absolute atomic E-state index is 8.65. The van der Waals surface area contributed by atoms with Crippen molar-refractivity contribution >= 4 is 58.9 Å². The van der Waals surface area contributed by atoms with Gasteiger partial charge in [-0.1, -0.05) is 29.8 Å². The molecule has 0 saturated carbocycles. The molecule has 1 aliphatic heterocycles. The molecule has 4 rings (SSSR count). The van der Waals surface area contributed by atoms with Crippen LogP contribution in [0.15, 0.2) is 60.0 Å². The lowest BCUT2D eigenvalue weighted by Gasteiger charge is -2.47. The molecule has 0 radical (unpaired) electrons. The van der Waals surface area contributed by atoms with Crippen molar-refractivity contribution in [2.24, 2.45) is 10.7 Å². The van der Waals surface area contributed by atoms with Crippen LogP contribution in [-0.4, -0.2) is 58.2 Å². The van der Waals surface area contributed by atoms with Gasteiger partial charge in [-0.05, 0) is 57.2 Å². The van der Waals surface area contributed by atoms with E-state index in [4.69, 9.17) is 44.8 Å². The van der Waals surface area contributed by atoms with Crippen LogP contribution in [0.3, 0.4) is 0 Å². The van der Waals surface area contributed by atoms with Crippen LogP contribution in [0.5, 0.6) is 5.75 Å². The third-order valence-corrected chi connectivity index (χ3v) is 7.31. The first-order chi connectivity index (χ1) is 18.5. The van der Waals surface area contributed by atoms with E-state index in [-0.39, 0.29) is 11.3 Å². The molecule has 3 aromatic rings. The largest absolute Gasteiger partial charge is 0.486 e. The summed E-state index contributed by atoms with van der Waals surface area (Å²) in [6.07, 6.45) is 4.65. The first-order valence-corrected chi connectivity index (χ1v) is 14.1. The molecule has 0 aliphatic carbocycles. The van der Waals surface area contributed by atoms with E-state index in [0.29, 0.717) is 38.3 Å². The van der Waals surface area contributed by atoms with E-state index in [9.17, 15) is 0 Å². The van der Waals surface area contributed by atoms with Crippen molar-refractivity contribution in [1.82, 2.24) is 15.2 Å². The number of hydrogen-bond acceptors (Lipinski definition) is 10. The van der Waals surface area contributed by atoms with E-state index in [2.05, 4.69) is 38.4 Å². The van der Waals surface area contributed by atoms with Crippen LogP contribution in [-0.2, 0) is 0 Å². The number of pyridine rings is 1. The first-order valence-electron chi connectivity index (χ1n) is 11.9. The van der Waals surface area contributed by atoms with Gasteiger partial charge in [-0.2, -0.15) is 11.8 Å². The molecule has 1 fully saturated rings. The first kappa shape index (κ1) is 30.4. The lowest BCUT2D eigenvalue weighted by atomic mass is 9.93. The van der Waals surface area contributed by atoms with Crippen molar-refractivity contribution < 1.29 is 4.74 Å². The van der Waals surface area contributed by atoms with Crippen molar-refractivity contribution in [3.8, 4) is 5.75 Å². The molecule has 9 nitrogen and oxygen atoms in total. The minimum atomic E-state index is -0.440. The van der Waals surface area contributed by atoms with Crippen molar-refractivity contribution in [1.29, 1.82) is 5.41 Å². The molecule has 0 spiro atoms. The monoisotopic (exact) mass is 586 g/mol. The maximum Gasteiger partial charge on any atom is 0.151 e. The van der Waals surface area contributed by atoms with Crippen LogP contribution in [0.2, 0.25) is 10.0 Å². The zero-order valence-corrected chi connectivity index (χ0v) is 24.4. The molecule has 1 aromatic carbocycles. The number of halogens is 2. The molecule has 0 amide bonds. The molecule has 2 aromatic heterocycles. The van der Waals surface area contributed by atoms with Crippen LogP contribution >= 0.6 is 35.0 Å². The summed E-state index contributed by atoms with van der Waals surface area (Å²) in [6, 6.07) is 8.74. The highest BCUT2D eigenvalue weighted by Crippen LogP contribution is 2.33. The van der Waals surface area contributed by atoms with Gasteiger partial charge in [0.05, 0.1) is 21.3 Å². The Morgan fingerprint density at radius 1 is 1.23 bits per heavy atom. The number of anilines is 2. The number of rotatable bonds is 9. The second kappa shape index (κ2) is 13.3. The predicted octanol–water partition coefficient (Wildman–Crippen LogP) is 5.42. The third-order valence-electron chi connectivity index (χ3n) is 5.85. The molecule has 39 heavy (non-hydrogen) atoms. The van der Waals surface area contributed by atoms with Gasteiger partial charge in [-0.3, -0.25) is 15.4 Å².